The first-order valence-electron chi connectivity index (χ1n) is 10.6. The van der Waals surface area contributed by atoms with E-state index in [4.69, 9.17) is 0 Å². The zero-order valence-corrected chi connectivity index (χ0v) is 17.2. The second-order valence-electron chi connectivity index (χ2n) is 8.20. The van der Waals surface area contributed by atoms with E-state index in [9.17, 15) is 14.9 Å². The van der Waals surface area contributed by atoms with Gasteiger partial charge in [-0.2, -0.15) is 0 Å². The van der Waals surface area contributed by atoms with E-state index in [-0.39, 0.29) is 16.5 Å². The molecular formula is C24H24N4O3. The molecule has 1 amide bonds. The van der Waals surface area contributed by atoms with Gasteiger partial charge in [-0.25, -0.2) is 0 Å². The van der Waals surface area contributed by atoms with Gasteiger partial charge in [0.05, 0.1) is 4.92 Å². The van der Waals surface area contributed by atoms with Crippen molar-refractivity contribution in [3.8, 4) is 0 Å². The van der Waals surface area contributed by atoms with E-state index in [1.807, 2.05) is 0 Å². The fourth-order valence-corrected chi connectivity index (χ4v) is 4.62. The number of rotatable bonds is 4. The number of nitrogens with one attached hydrogen (secondary N) is 1. The van der Waals surface area contributed by atoms with Crippen LogP contribution in [0.25, 0.3) is 10.8 Å². The van der Waals surface area contributed by atoms with Gasteiger partial charge in [-0.1, -0.05) is 42.5 Å². The minimum atomic E-state index is -0.311. The first-order chi connectivity index (χ1) is 15.1. The van der Waals surface area contributed by atoms with Gasteiger partial charge in [0.15, 0.2) is 0 Å². The molecule has 5 rings (SSSR count). The number of fused-ring (bicyclic) bond motifs is 2. The third kappa shape index (κ3) is 3.84. The quantitative estimate of drug-likeness (QED) is 0.515. The molecular weight excluding hydrogens is 392 g/mol. The SMILES string of the molecule is O=C1CCc2cc([N+](=O)[O-])c(N3CCN(Cc4cccc5ccccc45)CC3)cc2N1. The summed E-state index contributed by atoms with van der Waals surface area (Å²) in [6, 6.07) is 18.2. The molecule has 31 heavy (non-hydrogen) atoms. The molecule has 2 aliphatic rings. The van der Waals surface area contributed by atoms with Crippen molar-refractivity contribution in [1.82, 2.24) is 4.90 Å². The van der Waals surface area contributed by atoms with Crippen LogP contribution in [0.5, 0.6) is 0 Å². The van der Waals surface area contributed by atoms with Gasteiger partial charge >= 0.3 is 0 Å². The third-order valence-corrected chi connectivity index (χ3v) is 6.28. The lowest BCUT2D eigenvalue weighted by Gasteiger charge is -2.36. The average molecular weight is 416 g/mol. The van der Waals surface area contributed by atoms with Crippen molar-refractivity contribution in [3.05, 3.63) is 75.8 Å². The number of piperazine rings is 1. The van der Waals surface area contributed by atoms with E-state index in [1.165, 1.54) is 16.3 Å². The Labute approximate surface area is 180 Å². The minimum Gasteiger partial charge on any atom is -0.363 e. The fraction of sp³-hybridized carbons (Fsp3) is 0.292. The molecule has 0 saturated carbocycles. The highest BCUT2D eigenvalue weighted by Gasteiger charge is 2.27. The Bertz CT molecular complexity index is 1160. The number of carbonyl (C=O) groups excluding carboxylic acids is 1. The van der Waals surface area contributed by atoms with Crippen molar-refractivity contribution in [3.63, 3.8) is 0 Å². The first kappa shape index (κ1) is 19.5. The summed E-state index contributed by atoms with van der Waals surface area (Å²) in [6.45, 7) is 3.92. The second-order valence-corrected chi connectivity index (χ2v) is 8.20. The van der Waals surface area contributed by atoms with E-state index < -0.39 is 0 Å². The molecule has 3 aromatic rings. The van der Waals surface area contributed by atoms with Crippen LogP contribution in [0.1, 0.15) is 17.5 Å². The summed E-state index contributed by atoms with van der Waals surface area (Å²) < 4.78 is 0. The highest BCUT2D eigenvalue weighted by atomic mass is 16.6. The van der Waals surface area contributed by atoms with E-state index in [2.05, 4.69) is 57.6 Å². The number of nitrogens with zero attached hydrogens (tertiary/aromatic N) is 3. The molecule has 0 aliphatic carbocycles. The van der Waals surface area contributed by atoms with Crippen molar-refractivity contribution in [2.45, 2.75) is 19.4 Å². The summed E-state index contributed by atoms with van der Waals surface area (Å²) in [5.74, 6) is -0.0350. The van der Waals surface area contributed by atoms with Gasteiger partial charge in [-0.05, 0) is 34.4 Å². The molecule has 7 heteroatoms. The first-order valence-corrected chi connectivity index (χ1v) is 10.6. The number of aryl methyl sites for hydroxylation is 1. The van der Waals surface area contributed by atoms with E-state index in [0.29, 0.717) is 37.3 Å². The van der Waals surface area contributed by atoms with Crippen LogP contribution in [0.3, 0.4) is 0 Å². The smallest absolute Gasteiger partial charge is 0.292 e. The van der Waals surface area contributed by atoms with E-state index in [0.717, 1.165) is 25.2 Å². The predicted octanol–water partition coefficient (Wildman–Crippen LogP) is 3.95. The number of nitro groups is 1. The molecule has 158 valence electrons. The summed E-state index contributed by atoms with van der Waals surface area (Å²) >= 11 is 0. The predicted molar refractivity (Wildman–Crippen MR) is 121 cm³/mol. The number of hydrogen-bond donors (Lipinski definition) is 1. The van der Waals surface area contributed by atoms with Crippen LogP contribution in [-0.2, 0) is 17.8 Å². The maximum absolute atomic E-state index is 11.8. The summed E-state index contributed by atoms with van der Waals surface area (Å²) in [5.41, 5.74) is 3.56. The largest absolute Gasteiger partial charge is 0.363 e. The molecule has 0 unspecified atom stereocenters. The number of nitro benzene ring substituents is 1. The van der Waals surface area contributed by atoms with Crippen molar-refractivity contribution in [1.29, 1.82) is 0 Å². The molecule has 0 radical (unpaired) electrons. The van der Waals surface area contributed by atoms with E-state index >= 15 is 0 Å². The molecule has 2 aliphatic heterocycles. The molecule has 1 N–H and O–H groups in total. The van der Waals surface area contributed by atoms with Gasteiger partial charge in [-0.15, -0.1) is 0 Å². The Morgan fingerprint density at radius 3 is 2.55 bits per heavy atom. The van der Waals surface area contributed by atoms with Crippen molar-refractivity contribution >= 4 is 33.7 Å². The minimum absolute atomic E-state index is 0.0350. The molecule has 1 fully saturated rings. The molecule has 0 atom stereocenters. The Balaban J connectivity index is 1.34. The van der Waals surface area contributed by atoms with Gasteiger partial charge < -0.3 is 10.2 Å². The lowest BCUT2D eigenvalue weighted by molar-refractivity contribution is -0.384. The number of carbonyl (C=O) groups is 1. The highest BCUT2D eigenvalue weighted by Crippen LogP contribution is 2.37. The van der Waals surface area contributed by atoms with Crippen LogP contribution < -0.4 is 10.2 Å². The van der Waals surface area contributed by atoms with Crippen LogP contribution in [0, 0.1) is 10.1 Å². The zero-order valence-electron chi connectivity index (χ0n) is 17.2. The van der Waals surface area contributed by atoms with Gasteiger partial charge in [-0.3, -0.25) is 19.8 Å². The van der Waals surface area contributed by atoms with Gasteiger partial charge in [0, 0.05) is 50.9 Å². The summed E-state index contributed by atoms with van der Waals surface area (Å²) in [6.07, 6.45) is 0.914. The van der Waals surface area contributed by atoms with Crippen LogP contribution in [0.15, 0.2) is 54.6 Å². The van der Waals surface area contributed by atoms with Crippen LogP contribution in [0.2, 0.25) is 0 Å². The van der Waals surface area contributed by atoms with Crippen molar-refractivity contribution in [2.75, 3.05) is 36.4 Å². The Morgan fingerprint density at radius 1 is 0.968 bits per heavy atom. The third-order valence-electron chi connectivity index (χ3n) is 6.28. The summed E-state index contributed by atoms with van der Waals surface area (Å²) in [4.78, 5) is 27.7. The number of benzene rings is 3. The van der Waals surface area contributed by atoms with Crippen LogP contribution >= 0.6 is 0 Å². The Kier molecular flexibility index (Phi) is 5.03. The molecule has 2 heterocycles. The lowest BCUT2D eigenvalue weighted by atomic mass is 10.0. The molecule has 0 bridgehead atoms. The Hall–Kier alpha value is -3.45. The van der Waals surface area contributed by atoms with Gasteiger partial charge in [0.2, 0.25) is 5.91 Å². The molecule has 0 spiro atoms. The Morgan fingerprint density at radius 2 is 1.74 bits per heavy atom. The maximum atomic E-state index is 11.8. The van der Waals surface area contributed by atoms with Crippen molar-refractivity contribution < 1.29 is 9.72 Å². The maximum Gasteiger partial charge on any atom is 0.292 e. The van der Waals surface area contributed by atoms with Gasteiger partial charge in [0.25, 0.3) is 5.69 Å². The van der Waals surface area contributed by atoms with Crippen molar-refractivity contribution in [2.24, 2.45) is 0 Å². The molecule has 7 nitrogen and oxygen atoms in total. The number of amides is 1. The monoisotopic (exact) mass is 416 g/mol. The normalized spacial score (nSPS) is 16.8. The average Bonchev–Trinajstić information content (AvgIpc) is 2.79. The standard InChI is InChI=1S/C24H24N4O3/c29-24-9-8-18-14-23(28(30)31)22(15-21(18)25-24)27-12-10-26(11-13-27)16-19-6-3-5-17-4-1-2-7-20(17)19/h1-7,14-15H,8-13,16H2,(H,25,29). The van der Waals surface area contributed by atoms with Gasteiger partial charge in [0.1, 0.15) is 5.69 Å². The zero-order chi connectivity index (χ0) is 21.4. The lowest BCUT2D eigenvalue weighted by Crippen LogP contribution is -2.46. The molecule has 3 aromatic carbocycles. The fourth-order valence-electron chi connectivity index (χ4n) is 4.62. The number of hydrogen-bond acceptors (Lipinski definition) is 5. The van der Waals surface area contributed by atoms with E-state index in [1.54, 1.807) is 12.1 Å². The summed E-state index contributed by atoms with van der Waals surface area (Å²) in [7, 11) is 0. The number of anilines is 2. The van der Waals surface area contributed by atoms with Crippen LogP contribution in [-0.4, -0.2) is 41.9 Å². The molecule has 0 aromatic heterocycles. The molecule has 1 saturated heterocycles. The summed E-state index contributed by atoms with van der Waals surface area (Å²) in [5, 5.41) is 17.1. The second kappa shape index (κ2) is 8.00. The topological polar surface area (TPSA) is 78.7 Å². The highest BCUT2D eigenvalue weighted by molar-refractivity contribution is 5.95. The van der Waals surface area contributed by atoms with Crippen LogP contribution in [0.4, 0.5) is 17.1 Å².